The molecule has 0 aliphatic heterocycles. The van der Waals surface area contributed by atoms with Crippen LogP contribution in [0.1, 0.15) is 38.6 Å². The van der Waals surface area contributed by atoms with Gasteiger partial charge >= 0.3 is 0 Å². The molecule has 0 atom stereocenters. The van der Waals surface area contributed by atoms with E-state index in [-0.39, 0.29) is 5.41 Å². The van der Waals surface area contributed by atoms with Gasteiger partial charge in [-0.1, -0.05) is 20.8 Å². The van der Waals surface area contributed by atoms with Crippen LogP contribution in [0.5, 0.6) is 0 Å². The first kappa shape index (κ1) is 17.0. The van der Waals surface area contributed by atoms with E-state index in [0.29, 0.717) is 5.82 Å². The van der Waals surface area contributed by atoms with E-state index in [2.05, 4.69) is 49.4 Å². The number of thioether (sulfide) groups is 1. The molecule has 6 heteroatoms. The Hall–Kier alpha value is -1.01. The Morgan fingerprint density at radius 1 is 1.30 bits per heavy atom. The summed E-state index contributed by atoms with van der Waals surface area (Å²) in [6.45, 7) is 9.30. The fraction of sp³-hybridized carbons (Fsp3) is 0.714. The molecule has 0 bridgehead atoms. The molecule has 0 aliphatic carbocycles. The summed E-state index contributed by atoms with van der Waals surface area (Å²) >= 11 is 1.87. The maximum atomic E-state index is 5.59. The number of rotatable bonds is 6. The van der Waals surface area contributed by atoms with Gasteiger partial charge in [-0.25, -0.2) is 15.8 Å². The smallest absolute Gasteiger partial charge is 0.148 e. The van der Waals surface area contributed by atoms with Crippen LogP contribution in [0, 0.1) is 6.92 Å². The van der Waals surface area contributed by atoms with Crippen LogP contribution in [-0.2, 0) is 5.41 Å². The average molecular weight is 297 g/mol. The zero-order valence-electron chi connectivity index (χ0n) is 13.4. The SMILES string of the molecule is CSCCCN(C)c1nc(C(C)(C)C)nc(NN)c1C. The third kappa shape index (κ3) is 4.24. The number of nitrogens with two attached hydrogens (primary N) is 1. The Labute approximate surface area is 126 Å². The number of nitrogens with zero attached hydrogens (tertiary/aromatic N) is 3. The van der Waals surface area contributed by atoms with Gasteiger partial charge in [0.2, 0.25) is 0 Å². The predicted octanol–water partition coefficient (Wildman–Crippen LogP) is 2.56. The number of aromatic nitrogens is 2. The predicted molar refractivity (Wildman–Crippen MR) is 89.5 cm³/mol. The molecule has 0 unspecified atom stereocenters. The lowest BCUT2D eigenvalue weighted by atomic mass is 9.95. The number of nitrogens with one attached hydrogen (secondary N) is 1. The van der Waals surface area contributed by atoms with E-state index < -0.39 is 0 Å². The summed E-state index contributed by atoms with van der Waals surface area (Å²) in [5.74, 6) is 9.22. The number of nitrogen functional groups attached to an aromatic ring is 1. The van der Waals surface area contributed by atoms with Crippen molar-refractivity contribution in [1.29, 1.82) is 0 Å². The van der Waals surface area contributed by atoms with Crippen molar-refractivity contribution in [2.75, 3.05) is 35.9 Å². The Kier molecular flexibility index (Phi) is 6.07. The van der Waals surface area contributed by atoms with Crippen molar-refractivity contribution in [3.05, 3.63) is 11.4 Å². The maximum Gasteiger partial charge on any atom is 0.148 e. The third-order valence-electron chi connectivity index (χ3n) is 3.13. The summed E-state index contributed by atoms with van der Waals surface area (Å²) < 4.78 is 0. The monoisotopic (exact) mass is 297 g/mol. The summed E-state index contributed by atoms with van der Waals surface area (Å²) in [7, 11) is 2.07. The molecule has 0 spiro atoms. The molecular formula is C14H27N5S. The fourth-order valence-electron chi connectivity index (χ4n) is 1.90. The van der Waals surface area contributed by atoms with E-state index in [1.54, 1.807) is 0 Å². The van der Waals surface area contributed by atoms with Crippen molar-refractivity contribution in [2.45, 2.75) is 39.5 Å². The highest BCUT2D eigenvalue weighted by Gasteiger charge is 2.22. The van der Waals surface area contributed by atoms with Gasteiger partial charge in [0.25, 0.3) is 0 Å². The van der Waals surface area contributed by atoms with Crippen LogP contribution in [0.25, 0.3) is 0 Å². The second-order valence-corrected chi connectivity index (χ2v) is 6.99. The second-order valence-electron chi connectivity index (χ2n) is 6.01. The van der Waals surface area contributed by atoms with E-state index in [1.807, 2.05) is 18.7 Å². The van der Waals surface area contributed by atoms with Crippen LogP contribution in [-0.4, -0.2) is 35.6 Å². The highest BCUT2D eigenvalue weighted by atomic mass is 32.2. The molecule has 5 nitrogen and oxygen atoms in total. The quantitative estimate of drug-likeness (QED) is 0.478. The van der Waals surface area contributed by atoms with E-state index in [9.17, 15) is 0 Å². The fourth-order valence-corrected chi connectivity index (χ4v) is 2.32. The zero-order valence-corrected chi connectivity index (χ0v) is 14.3. The molecule has 0 saturated carbocycles. The van der Waals surface area contributed by atoms with Crippen LogP contribution in [0.3, 0.4) is 0 Å². The summed E-state index contributed by atoms with van der Waals surface area (Å²) in [6.07, 6.45) is 3.27. The molecule has 20 heavy (non-hydrogen) atoms. The molecular weight excluding hydrogens is 270 g/mol. The van der Waals surface area contributed by atoms with Crippen LogP contribution < -0.4 is 16.2 Å². The van der Waals surface area contributed by atoms with E-state index in [0.717, 1.165) is 35.9 Å². The first-order chi connectivity index (χ1) is 9.31. The van der Waals surface area contributed by atoms with Crippen molar-refractivity contribution in [1.82, 2.24) is 9.97 Å². The van der Waals surface area contributed by atoms with Gasteiger partial charge in [0.15, 0.2) is 0 Å². The highest BCUT2D eigenvalue weighted by molar-refractivity contribution is 7.98. The van der Waals surface area contributed by atoms with Gasteiger partial charge in [-0.05, 0) is 25.4 Å². The molecule has 1 rings (SSSR count). The normalized spacial score (nSPS) is 11.6. The number of hydrogen-bond donors (Lipinski definition) is 2. The lowest BCUT2D eigenvalue weighted by molar-refractivity contribution is 0.544. The minimum absolute atomic E-state index is 0.103. The number of hydrazine groups is 1. The van der Waals surface area contributed by atoms with Crippen molar-refractivity contribution in [2.24, 2.45) is 5.84 Å². The lowest BCUT2D eigenvalue weighted by Gasteiger charge is -2.25. The largest absolute Gasteiger partial charge is 0.359 e. The van der Waals surface area contributed by atoms with Gasteiger partial charge in [-0.2, -0.15) is 11.8 Å². The molecule has 0 aromatic carbocycles. The Morgan fingerprint density at radius 2 is 1.95 bits per heavy atom. The minimum Gasteiger partial charge on any atom is -0.359 e. The molecule has 1 aromatic heterocycles. The summed E-state index contributed by atoms with van der Waals surface area (Å²) in [5.41, 5.74) is 3.58. The number of hydrogen-bond acceptors (Lipinski definition) is 6. The van der Waals surface area contributed by atoms with Crippen molar-refractivity contribution >= 4 is 23.4 Å². The molecule has 0 fully saturated rings. The van der Waals surface area contributed by atoms with Crippen molar-refractivity contribution in [3.63, 3.8) is 0 Å². The second kappa shape index (κ2) is 7.13. The topological polar surface area (TPSA) is 67.1 Å². The molecule has 1 aromatic rings. The number of anilines is 2. The van der Waals surface area contributed by atoms with Gasteiger partial charge in [0.05, 0.1) is 0 Å². The lowest BCUT2D eigenvalue weighted by Crippen LogP contribution is -2.26. The molecule has 0 amide bonds. The first-order valence-electron chi connectivity index (χ1n) is 6.87. The van der Waals surface area contributed by atoms with Crippen molar-refractivity contribution in [3.8, 4) is 0 Å². The van der Waals surface area contributed by atoms with Gasteiger partial charge in [-0.3, -0.25) is 0 Å². The first-order valence-corrected chi connectivity index (χ1v) is 8.26. The Morgan fingerprint density at radius 3 is 2.45 bits per heavy atom. The third-order valence-corrected chi connectivity index (χ3v) is 3.83. The van der Waals surface area contributed by atoms with E-state index in [4.69, 9.17) is 10.8 Å². The van der Waals surface area contributed by atoms with Gasteiger partial charge in [-0.15, -0.1) is 0 Å². The summed E-state index contributed by atoms with van der Waals surface area (Å²) in [4.78, 5) is 11.5. The van der Waals surface area contributed by atoms with Crippen LogP contribution >= 0.6 is 11.8 Å². The van der Waals surface area contributed by atoms with Crippen molar-refractivity contribution < 1.29 is 0 Å². The molecule has 3 N–H and O–H groups in total. The molecule has 1 heterocycles. The molecule has 114 valence electrons. The van der Waals surface area contributed by atoms with Crippen LogP contribution in [0.4, 0.5) is 11.6 Å². The Balaban J connectivity index is 3.10. The molecule has 0 aliphatic rings. The van der Waals surface area contributed by atoms with Gasteiger partial charge < -0.3 is 10.3 Å². The highest BCUT2D eigenvalue weighted by Crippen LogP contribution is 2.27. The van der Waals surface area contributed by atoms with Crippen LogP contribution in [0.2, 0.25) is 0 Å². The Bertz CT molecular complexity index is 442. The molecule has 0 saturated heterocycles. The minimum atomic E-state index is -0.103. The van der Waals surface area contributed by atoms with Gasteiger partial charge in [0.1, 0.15) is 17.5 Å². The standard InChI is InChI=1S/C14H27N5S/c1-10-11(18-15)16-13(14(2,3)4)17-12(10)19(5)8-7-9-20-6/h7-9,15H2,1-6H3,(H,16,17,18). The van der Waals surface area contributed by atoms with E-state index >= 15 is 0 Å². The van der Waals surface area contributed by atoms with Crippen LogP contribution in [0.15, 0.2) is 0 Å². The maximum absolute atomic E-state index is 5.59. The summed E-state index contributed by atoms with van der Waals surface area (Å²) in [5, 5.41) is 0. The average Bonchev–Trinajstić information content (AvgIpc) is 2.37. The van der Waals surface area contributed by atoms with E-state index in [1.165, 1.54) is 0 Å². The van der Waals surface area contributed by atoms with Gasteiger partial charge in [0, 0.05) is 24.6 Å². The summed E-state index contributed by atoms with van der Waals surface area (Å²) in [6, 6.07) is 0. The molecule has 0 radical (unpaired) electrons. The zero-order chi connectivity index (χ0) is 15.3.